The number of aliphatic carboxylic acids is 1. The summed E-state index contributed by atoms with van der Waals surface area (Å²) in [5, 5.41) is 11.8. The van der Waals surface area contributed by atoms with Crippen LogP contribution in [0.2, 0.25) is 0 Å². The maximum absolute atomic E-state index is 12.2. The zero-order chi connectivity index (χ0) is 16.2. The minimum atomic E-state index is -1.02. The number of fused-ring (bicyclic) bond motifs is 1. The van der Waals surface area contributed by atoms with Crippen molar-refractivity contribution in [1.29, 1.82) is 0 Å². The highest BCUT2D eigenvalue weighted by Crippen LogP contribution is 2.34. The molecule has 0 saturated carbocycles. The summed E-state index contributed by atoms with van der Waals surface area (Å²) >= 11 is 0. The first kappa shape index (κ1) is 14.8. The van der Waals surface area contributed by atoms with Gasteiger partial charge >= 0.3 is 5.97 Å². The molecule has 0 radical (unpaired) electrons. The van der Waals surface area contributed by atoms with E-state index < -0.39 is 17.9 Å². The van der Waals surface area contributed by atoms with Gasteiger partial charge in [-0.05, 0) is 29.8 Å². The van der Waals surface area contributed by atoms with Gasteiger partial charge < -0.3 is 19.9 Å². The molecule has 1 aliphatic heterocycles. The maximum Gasteiger partial charge on any atom is 0.305 e. The molecule has 2 N–H and O–H groups in total. The van der Waals surface area contributed by atoms with E-state index in [9.17, 15) is 9.59 Å². The summed E-state index contributed by atoms with van der Waals surface area (Å²) in [6.07, 6.45) is 1.25. The molecule has 1 aliphatic rings. The molecule has 3 rings (SSSR count). The lowest BCUT2D eigenvalue weighted by Crippen LogP contribution is -2.30. The number of nitrogens with one attached hydrogen (secondary N) is 1. The van der Waals surface area contributed by atoms with Crippen molar-refractivity contribution < 1.29 is 24.2 Å². The first-order chi connectivity index (χ1) is 11.1. The normalized spacial score (nSPS) is 13.4. The minimum absolute atomic E-state index is 0.128. The van der Waals surface area contributed by atoms with Gasteiger partial charge in [0.2, 0.25) is 6.79 Å². The largest absolute Gasteiger partial charge is 0.481 e. The topological polar surface area (TPSA) is 97.8 Å². The fourth-order valence-electron chi connectivity index (χ4n) is 2.29. The molecular formula is C16H14N2O5. The van der Waals surface area contributed by atoms with E-state index in [1.165, 1.54) is 6.20 Å². The van der Waals surface area contributed by atoms with Crippen molar-refractivity contribution in [3.05, 3.63) is 53.9 Å². The van der Waals surface area contributed by atoms with Crippen LogP contribution in [0.3, 0.4) is 0 Å². The number of amides is 1. The molecule has 0 aliphatic carbocycles. The summed E-state index contributed by atoms with van der Waals surface area (Å²) in [5.41, 5.74) is 0.851. The predicted octanol–water partition coefficient (Wildman–Crippen LogP) is 1.76. The van der Waals surface area contributed by atoms with E-state index in [4.69, 9.17) is 14.6 Å². The van der Waals surface area contributed by atoms with Crippen LogP contribution in [0.1, 0.15) is 28.5 Å². The Balaban J connectivity index is 1.83. The van der Waals surface area contributed by atoms with E-state index in [-0.39, 0.29) is 18.9 Å². The first-order valence-corrected chi connectivity index (χ1v) is 6.97. The summed E-state index contributed by atoms with van der Waals surface area (Å²) in [6.45, 7) is 0.128. The summed E-state index contributed by atoms with van der Waals surface area (Å²) in [7, 11) is 0. The van der Waals surface area contributed by atoms with Crippen LogP contribution in [0.4, 0.5) is 0 Å². The highest BCUT2D eigenvalue weighted by molar-refractivity contribution is 5.92. The van der Waals surface area contributed by atoms with Crippen LogP contribution in [-0.4, -0.2) is 28.8 Å². The fraction of sp³-hybridized carbons (Fsp3) is 0.188. The average molecular weight is 314 g/mol. The molecule has 7 nitrogen and oxygen atoms in total. The van der Waals surface area contributed by atoms with E-state index in [1.54, 1.807) is 36.4 Å². The van der Waals surface area contributed by atoms with Gasteiger partial charge in [0.15, 0.2) is 11.5 Å². The lowest BCUT2D eigenvalue weighted by molar-refractivity contribution is -0.137. The summed E-state index contributed by atoms with van der Waals surface area (Å²) in [5.74, 6) is -0.327. The number of hydrogen-bond donors (Lipinski definition) is 2. The molecule has 0 saturated heterocycles. The van der Waals surface area contributed by atoms with Crippen molar-refractivity contribution in [2.75, 3.05) is 6.79 Å². The Kier molecular flexibility index (Phi) is 4.09. The second-order valence-corrected chi connectivity index (χ2v) is 4.95. The van der Waals surface area contributed by atoms with Crippen molar-refractivity contribution in [1.82, 2.24) is 10.3 Å². The lowest BCUT2D eigenvalue weighted by Gasteiger charge is -2.17. The van der Waals surface area contributed by atoms with Gasteiger partial charge in [0.25, 0.3) is 5.91 Å². The van der Waals surface area contributed by atoms with Crippen molar-refractivity contribution in [3.63, 3.8) is 0 Å². The molecule has 0 bridgehead atoms. The van der Waals surface area contributed by atoms with Gasteiger partial charge in [0.1, 0.15) is 5.69 Å². The Bertz CT molecular complexity index is 733. The Morgan fingerprint density at radius 2 is 2.04 bits per heavy atom. The molecule has 23 heavy (non-hydrogen) atoms. The number of carbonyl (C=O) groups is 2. The van der Waals surface area contributed by atoms with E-state index in [1.807, 2.05) is 0 Å². The highest BCUT2D eigenvalue weighted by Gasteiger charge is 2.22. The molecule has 1 atom stereocenters. The third-order valence-corrected chi connectivity index (χ3v) is 3.38. The molecule has 1 aromatic carbocycles. The Hall–Kier alpha value is -3.09. The Morgan fingerprint density at radius 1 is 1.22 bits per heavy atom. The molecule has 0 spiro atoms. The van der Waals surface area contributed by atoms with Gasteiger partial charge in [0, 0.05) is 6.20 Å². The minimum Gasteiger partial charge on any atom is -0.481 e. The zero-order valence-electron chi connectivity index (χ0n) is 12.1. The summed E-state index contributed by atoms with van der Waals surface area (Å²) in [4.78, 5) is 27.3. The van der Waals surface area contributed by atoms with Crippen LogP contribution >= 0.6 is 0 Å². The fourth-order valence-corrected chi connectivity index (χ4v) is 2.29. The molecule has 1 unspecified atom stereocenters. The highest BCUT2D eigenvalue weighted by atomic mass is 16.7. The van der Waals surface area contributed by atoms with Crippen molar-refractivity contribution in [2.45, 2.75) is 12.5 Å². The van der Waals surface area contributed by atoms with Crippen LogP contribution in [0.5, 0.6) is 11.5 Å². The Morgan fingerprint density at radius 3 is 2.78 bits per heavy atom. The molecule has 2 aromatic rings. The van der Waals surface area contributed by atoms with Gasteiger partial charge in [-0.2, -0.15) is 0 Å². The van der Waals surface area contributed by atoms with Gasteiger partial charge in [-0.25, -0.2) is 0 Å². The molecule has 0 fully saturated rings. The molecule has 1 amide bonds. The third-order valence-electron chi connectivity index (χ3n) is 3.38. The van der Waals surface area contributed by atoms with Gasteiger partial charge in [-0.3, -0.25) is 14.6 Å². The number of pyridine rings is 1. The number of carboxylic acid groups (broad SMARTS) is 1. The number of benzene rings is 1. The van der Waals surface area contributed by atoms with Crippen molar-refractivity contribution >= 4 is 11.9 Å². The molecule has 118 valence electrons. The number of nitrogens with zero attached hydrogens (tertiary/aromatic N) is 1. The van der Waals surface area contributed by atoms with Gasteiger partial charge in [0.05, 0.1) is 12.5 Å². The molecule has 1 aromatic heterocycles. The maximum atomic E-state index is 12.2. The smallest absolute Gasteiger partial charge is 0.305 e. The third kappa shape index (κ3) is 3.39. The number of ether oxygens (including phenoxy) is 2. The van der Waals surface area contributed by atoms with Crippen LogP contribution < -0.4 is 14.8 Å². The van der Waals surface area contributed by atoms with Gasteiger partial charge in [-0.15, -0.1) is 0 Å². The van der Waals surface area contributed by atoms with E-state index in [0.29, 0.717) is 17.1 Å². The lowest BCUT2D eigenvalue weighted by atomic mass is 10.0. The quantitative estimate of drug-likeness (QED) is 0.872. The molecule has 7 heteroatoms. The average Bonchev–Trinajstić information content (AvgIpc) is 3.02. The van der Waals surface area contributed by atoms with Crippen LogP contribution in [0.25, 0.3) is 0 Å². The molecular weight excluding hydrogens is 300 g/mol. The SMILES string of the molecule is O=C(O)CC(NC(=O)c1ccccn1)c1ccc2c(c1)OCO2. The molecule has 2 heterocycles. The van der Waals surface area contributed by atoms with Crippen LogP contribution in [-0.2, 0) is 4.79 Å². The number of hydrogen-bond acceptors (Lipinski definition) is 5. The standard InChI is InChI=1S/C16H14N2O5/c19-15(20)8-12(18-16(21)11-3-1-2-6-17-11)10-4-5-13-14(7-10)23-9-22-13/h1-7,12H,8-9H2,(H,18,21)(H,19,20). The monoisotopic (exact) mass is 314 g/mol. The van der Waals surface area contributed by atoms with Gasteiger partial charge in [-0.1, -0.05) is 12.1 Å². The predicted molar refractivity (Wildman–Crippen MR) is 79.3 cm³/mol. The zero-order valence-corrected chi connectivity index (χ0v) is 12.1. The number of rotatable bonds is 5. The van der Waals surface area contributed by atoms with E-state index in [0.717, 1.165) is 0 Å². The van der Waals surface area contributed by atoms with Crippen molar-refractivity contribution in [3.8, 4) is 11.5 Å². The van der Waals surface area contributed by atoms with Crippen LogP contribution in [0.15, 0.2) is 42.6 Å². The number of carbonyl (C=O) groups excluding carboxylic acids is 1. The van der Waals surface area contributed by atoms with E-state index in [2.05, 4.69) is 10.3 Å². The van der Waals surface area contributed by atoms with Crippen LogP contribution in [0, 0.1) is 0 Å². The first-order valence-electron chi connectivity index (χ1n) is 6.97. The summed E-state index contributed by atoms with van der Waals surface area (Å²) < 4.78 is 10.5. The Labute approximate surface area is 131 Å². The van der Waals surface area contributed by atoms with E-state index >= 15 is 0 Å². The second-order valence-electron chi connectivity index (χ2n) is 4.95. The van der Waals surface area contributed by atoms with Crippen molar-refractivity contribution in [2.24, 2.45) is 0 Å². The number of carboxylic acids is 1. The summed E-state index contributed by atoms with van der Waals surface area (Å²) in [6, 6.07) is 9.33. The second kappa shape index (κ2) is 6.35. The number of aromatic nitrogens is 1.